The number of hydrogen-bond acceptors (Lipinski definition) is 4. The molecule has 0 spiro atoms. The number of nitrogens with one attached hydrogen (secondary N) is 1. The Morgan fingerprint density at radius 3 is 2.68 bits per heavy atom. The van der Waals surface area contributed by atoms with Crippen LogP contribution in [0.2, 0.25) is 0 Å². The Hall–Kier alpha value is -0.750. The maximum atomic E-state index is 12.2. The fourth-order valence-corrected chi connectivity index (χ4v) is 2.91. The lowest BCUT2D eigenvalue weighted by atomic mass is 9.94. The van der Waals surface area contributed by atoms with Gasteiger partial charge in [-0.05, 0) is 31.3 Å². The number of rotatable bonds is 6. The first kappa shape index (κ1) is 16.3. The van der Waals surface area contributed by atoms with E-state index < -0.39 is 12.0 Å². The molecular weight excluding hydrogens is 264 g/mol. The van der Waals surface area contributed by atoms with E-state index in [1.807, 2.05) is 6.26 Å². The van der Waals surface area contributed by atoms with Crippen LogP contribution in [-0.4, -0.2) is 41.1 Å². The predicted molar refractivity (Wildman–Crippen MR) is 77.1 cm³/mol. The molecule has 19 heavy (non-hydrogen) atoms. The van der Waals surface area contributed by atoms with Gasteiger partial charge in [0, 0.05) is 6.04 Å². The van der Waals surface area contributed by atoms with E-state index in [0.29, 0.717) is 12.2 Å². The Morgan fingerprint density at radius 1 is 1.37 bits per heavy atom. The van der Waals surface area contributed by atoms with Gasteiger partial charge in [-0.15, -0.1) is 0 Å². The second kappa shape index (κ2) is 8.43. The summed E-state index contributed by atoms with van der Waals surface area (Å²) < 4.78 is 0. The number of aliphatic carboxylic acids is 1. The van der Waals surface area contributed by atoms with Crippen molar-refractivity contribution in [1.29, 1.82) is 0 Å². The van der Waals surface area contributed by atoms with Crippen molar-refractivity contribution in [2.45, 2.75) is 50.6 Å². The van der Waals surface area contributed by atoms with E-state index in [1.165, 1.54) is 0 Å². The highest BCUT2D eigenvalue weighted by Gasteiger charge is 2.29. The highest BCUT2D eigenvalue weighted by Crippen LogP contribution is 2.22. The van der Waals surface area contributed by atoms with E-state index in [0.717, 1.165) is 32.1 Å². The lowest BCUT2D eigenvalue weighted by molar-refractivity contribution is -0.142. The zero-order chi connectivity index (χ0) is 14.3. The highest BCUT2D eigenvalue weighted by molar-refractivity contribution is 7.98. The summed E-state index contributed by atoms with van der Waals surface area (Å²) in [7, 11) is 0. The molecule has 3 atom stereocenters. The van der Waals surface area contributed by atoms with Gasteiger partial charge >= 0.3 is 5.97 Å². The molecule has 0 saturated heterocycles. The summed E-state index contributed by atoms with van der Waals surface area (Å²) in [6.45, 7) is 0. The maximum absolute atomic E-state index is 12.2. The molecule has 0 radical (unpaired) electrons. The van der Waals surface area contributed by atoms with E-state index >= 15 is 0 Å². The topological polar surface area (TPSA) is 92.4 Å². The van der Waals surface area contributed by atoms with Crippen molar-refractivity contribution in [3.8, 4) is 0 Å². The van der Waals surface area contributed by atoms with E-state index in [-0.39, 0.29) is 17.9 Å². The Kier molecular flexibility index (Phi) is 7.23. The van der Waals surface area contributed by atoms with Gasteiger partial charge < -0.3 is 16.2 Å². The van der Waals surface area contributed by atoms with Gasteiger partial charge in [0.05, 0.1) is 5.92 Å². The van der Waals surface area contributed by atoms with Gasteiger partial charge in [-0.25, -0.2) is 4.79 Å². The number of amides is 1. The van der Waals surface area contributed by atoms with Crippen LogP contribution in [0.15, 0.2) is 0 Å². The molecule has 1 aliphatic carbocycles. The summed E-state index contributed by atoms with van der Waals surface area (Å²) in [6, 6.07) is -0.937. The van der Waals surface area contributed by atoms with Crippen molar-refractivity contribution in [1.82, 2.24) is 5.32 Å². The zero-order valence-corrected chi connectivity index (χ0v) is 12.2. The van der Waals surface area contributed by atoms with Crippen molar-refractivity contribution >= 4 is 23.6 Å². The number of carbonyl (C=O) groups excluding carboxylic acids is 1. The predicted octanol–water partition coefficient (Wildman–Crippen LogP) is 1.22. The molecule has 5 nitrogen and oxygen atoms in total. The first-order valence-electron chi connectivity index (χ1n) is 6.84. The highest BCUT2D eigenvalue weighted by atomic mass is 32.2. The van der Waals surface area contributed by atoms with Gasteiger partial charge in [0.1, 0.15) is 6.04 Å². The van der Waals surface area contributed by atoms with Crippen LogP contribution >= 0.6 is 11.8 Å². The molecular formula is C13H24N2O3S. The third-order valence-corrected chi connectivity index (χ3v) is 4.28. The van der Waals surface area contributed by atoms with Crippen molar-refractivity contribution in [3.05, 3.63) is 0 Å². The largest absolute Gasteiger partial charge is 0.480 e. The number of carbonyl (C=O) groups is 2. The second-order valence-electron chi connectivity index (χ2n) is 5.09. The minimum Gasteiger partial charge on any atom is -0.480 e. The Labute approximate surface area is 118 Å². The summed E-state index contributed by atoms with van der Waals surface area (Å²) in [6.07, 6.45) is 7.13. The molecule has 0 aromatic carbocycles. The Bertz CT molecular complexity index is 312. The van der Waals surface area contributed by atoms with E-state index in [9.17, 15) is 9.59 Å². The molecule has 0 aromatic heterocycles. The quantitative estimate of drug-likeness (QED) is 0.639. The van der Waals surface area contributed by atoms with Crippen molar-refractivity contribution in [2.24, 2.45) is 11.7 Å². The zero-order valence-electron chi connectivity index (χ0n) is 11.4. The van der Waals surface area contributed by atoms with Crippen LogP contribution in [0.5, 0.6) is 0 Å². The van der Waals surface area contributed by atoms with Gasteiger partial charge in [-0.1, -0.05) is 19.3 Å². The molecule has 0 heterocycles. The standard InChI is InChI=1S/C13H24N2O3S/c1-19-8-7-11(13(17)18)15-12(16)9-5-3-2-4-6-10(9)14/h9-11H,2-8,14H2,1H3,(H,15,16)(H,17,18)/t9?,10?,11-/m1/s1. The summed E-state index contributed by atoms with van der Waals surface area (Å²) in [5.41, 5.74) is 6.02. The second-order valence-corrected chi connectivity index (χ2v) is 6.07. The van der Waals surface area contributed by atoms with Crippen LogP contribution in [-0.2, 0) is 9.59 Å². The van der Waals surface area contributed by atoms with Crippen LogP contribution in [0.25, 0.3) is 0 Å². The Balaban J connectivity index is 2.56. The Morgan fingerprint density at radius 2 is 2.05 bits per heavy atom. The van der Waals surface area contributed by atoms with Crippen LogP contribution < -0.4 is 11.1 Å². The van der Waals surface area contributed by atoms with Gasteiger partial charge in [0.15, 0.2) is 0 Å². The van der Waals surface area contributed by atoms with Crippen molar-refractivity contribution in [2.75, 3.05) is 12.0 Å². The summed E-state index contributed by atoms with van der Waals surface area (Å²) in [5.74, 6) is -0.681. The first-order valence-corrected chi connectivity index (χ1v) is 8.23. The fourth-order valence-electron chi connectivity index (χ4n) is 2.43. The fraction of sp³-hybridized carbons (Fsp3) is 0.846. The van der Waals surface area contributed by atoms with E-state index in [2.05, 4.69) is 5.32 Å². The van der Waals surface area contributed by atoms with Crippen LogP contribution in [0.1, 0.15) is 38.5 Å². The minimum absolute atomic E-state index is 0.141. The summed E-state index contributed by atoms with van der Waals surface area (Å²) in [4.78, 5) is 23.3. The molecule has 1 fully saturated rings. The SMILES string of the molecule is CSCC[C@@H](NC(=O)C1CCCCCC1N)C(=O)O. The molecule has 0 aliphatic heterocycles. The number of carboxylic acids is 1. The third-order valence-electron chi connectivity index (χ3n) is 3.63. The van der Waals surface area contributed by atoms with Crippen molar-refractivity contribution in [3.63, 3.8) is 0 Å². The molecule has 0 aromatic rings. The summed E-state index contributed by atoms with van der Waals surface area (Å²) >= 11 is 1.57. The number of thioether (sulfide) groups is 1. The lowest BCUT2D eigenvalue weighted by Gasteiger charge is -2.23. The van der Waals surface area contributed by atoms with Gasteiger partial charge in [-0.2, -0.15) is 11.8 Å². The van der Waals surface area contributed by atoms with Crippen LogP contribution in [0.4, 0.5) is 0 Å². The third kappa shape index (κ3) is 5.40. The molecule has 110 valence electrons. The molecule has 1 rings (SSSR count). The van der Waals surface area contributed by atoms with Gasteiger partial charge in [0.2, 0.25) is 5.91 Å². The number of nitrogens with two attached hydrogens (primary N) is 1. The number of carboxylic acid groups (broad SMARTS) is 1. The minimum atomic E-state index is -0.968. The normalized spacial score (nSPS) is 25.4. The van der Waals surface area contributed by atoms with Gasteiger partial charge in [-0.3, -0.25) is 4.79 Å². The van der Waals surface area contributed by atoms with Crippen LogP contribution in [0.3, 0.4) is 0 Å². The smallest absolute Gasteiger partial charge is 0.326 e. The first-order chi connectivity index (χ1) is 9.06. The molecule has 1 saturated carbocycles. The molecule has 4 N–H and O–H groups in total. The van der Waals surface area contributed by atoms with Gasteiger partial charge in [0.25, 0.3) is 0 Å². The molecule has 6 heteroatoms. The average molecular weight is 288 g/mol. The average Bonchev–Trinajstić information content (AvgIpc) is 2.58. The summed E-state index contributed by atoms with van der Waals surface area (Å²) in [5, 5.41) is 11.8. The number of hydrogen-bond donors (Lipinski definition) is 3. The monoisotopic (exact) mass is 288 g/mol. The maximum Gasteiger partial charge on any atom is 0.326 e. The molecule has 0 bridgehead atoms. The van der Waals surface area contributed by atoms with Crippen LogP contribution in [0, 0.1) is 5.92 Å². The molecule has 1 aliphatic rings. The van der Waals surface area contributed by atoms with E-state index in [4.69, 9.17) is 10.8 Å². The molecule has 1 amide bonds. The van der Waals surface area contributed by atoms with Crippen molar-refractivity contribution < 1.29 is 14.7 Å². The lowest BCUT2D eigenvalue weighted by Crippen LogP contribution is -2.48. The van der Waals surface area contributed by atoms with E-state index in [1.54, 1.807) is 11.8 Å². The molecule has 2 unspecified atom stereocenters.